The predicted octanol–water partition coefficient (Wildman–Crippen LogP) is 2.15. The molecular formula is C19H30Cl3N5O3. The Morgan fingerprint density at radius 3 is 2.70 bits per heavy atom. The number of morpholine rings is 1. The van der Waals surface area contributed by atoms with E-state index in [9.17, 15) is 4.79 Å². The van der Waals surface area contributed by atoms with Crippen molar-refractivity contribution in [3.63, 3.8) is 0 Å². The molecule has 8 nitrogen and oxygen atoms in total. The second-order valence-corrected chi connectivity index (χ2v) is 7.17. The van der Waals surface area contributed by atoms with Gasteiger partial charge in [-0.2, -0.15) is 0 Å². The minimum absolute atomic E-state index is 0. The number of fused-ring (bicyclic) bond motifs is 1. The fourth-order valence-corrected chi connectivity index (χ4v) is 3.64. The summed E-state index contributed by atoms with van der Waals surface area (Å²) in [6.45, 7) is 4.99. The molecule has 0 spiro atoms. The lowest BCUT2D eigenvalue weighted by Gasteiger charge is -2.25. The number of benzene rings is 1. The lowest BCUT2D eigenvalue weighted by Crippen LogP contribution is -2.37. The van der Waals surface area contributed by atoms with Gasteiger partial charge in [0.15, 0.2) is 0 Å². The van der Waals surface area contributed by atoms with E-state index in [0.717, 1.165) is 68.2 Å². The minimum Gasteiger partial charge on any atom is -0.379 e. The molecule has 4 rings (SSSR count). The van der Waals surface area contributed by atoms with Crippen molar-refractivity contribution in [1.82, 2.24) is 14.9 Å². The van der Waals surface area contributed by atoms with Gasteiger partial charge in [0.05, 0.1) is 30.4 Å². The van der Waals surface area contributed by atoms with Gasteiger partial charge in [-0.3, -0.25) is 9.69 Å². The highest BCUT2D eigenvalue weighted by molar-refractivity contribution is 5.96. The fourth-order valence-electron chi connectivity index (χ4n) is 3.64. The Morgan fingerprint density at radius 2 is 2.00 bits per heavy atom. The number of aromatic nitrogens is 2. The molecule has 0 radical (unpaired) electrons. The zero-order valence-corrected chi connectivity index (χ0v) is 19.1. The number of rotatable bonds is 6. The first kappa shape index (κ1) is 26.9. The molecule has 0 aliphatic carbocycles. The molecule has 0 bridgehead atoms. The molecule has 4 N–H and O–H groups in total. The lowest BCUT2D eigenvalue weighted by atomic mass is 10.2. The number of hydrogen-bond acceptors (Lipinski definition) is 6. The van der Waals surface area contributed by atoms with Crippen molar-refractivity contribution in [3.05, 3.63) is 24.0 Å². The standard InChI is InChI=1S/C19H27N5O3.3ClH/c20-12-14-2-4-17(27-14)19(25)21-13-1-3-15-16(11-13)23-18(22-15)5-6-24-7-9-26-10-8-24;;;/h1,3,11,14,17H,2,4-10,12,20H2,(H,21,25)(H,22,23);3*1H/t14-,17+;;;/m1.../s1. The van der Waals surface area contributed by atoms with E-state index in [1.54, 1.807) is 0 Å². The van der Waals surface area contributed by atoms with Crippen LogP contribution in [0, 0.1) is 0 Å². The third kappa shape index (κ3) is 6.68. The molecule has 2 aromatic rings. The average molecular weight is 483 g/mol. The van der Waals surface area contributed by atoms with Gasteiger partial charge in [-0.1, -0.05) is 0 Å². The summed E-state index contributed by atoms with van der Waals surface area (Å²) in [5, 5.41) is 2.94. The molecule has 2 aliphatic heterocycles. The Kier molecular flexibility index (Phi) is 11.4. The van der Waals surface area contributed by atoms with Crippen LogP contribution < -0.4 is 11.1 Å². The SMILES string of the molecule is Cl.Cl.Cl.NC[C@H]1CC[C@@H](C(=O)Nc2ccc3nc(CCN4CCOCC4)[nH]c3c2)O1. The third-order valence-corrected chi connectivity index (χ3v) is 5.23. The maximum Gasteiger partial charge on any atom is 0.253 e. The molecule has 0 unspecified atom stereocenters. The first-order valence-corrected chi connectivity index (χ1v) is 9.66. The highest BCUT2D eigenvalue weighted by atomic mass is 35.5. The molecule has 1 aromatic heterocycles. The van der Waals surface area contributed by atoms with E-state index in [1.807, 2.05) is 18.2 Å². The van der Waals surface area contributed by atoms with Crippen LogP contribution in [0.3, 0.4) is 0 Å². The molecule has 3 heterocycles. The van der Waals surface area contributed by atoms with Gasteiger partial charge < -0.3 is 25.5 Å². The normalized spacial score (nSPS) is 21.4. The van der Waals surface area contributed by atoms with Crippen LogP contribution in [-0.4, -0.2) is 72.4 Å². The number of imidazole rings is 1. The maximum atomic E-state index is 12.4. The molecule has 170 valence electrons. The maximum absolute atomic E-state index is 12.4. The van der Waals surface area contributed by atoms with Gasteiger partial charge in [0.25, 0.3) is 5.91 Å². The fraction of sp³-hybridized carbons (Fsp3) is 0.579. The third-order valence-electron chi connectivity index (χ3n) is 5.23. The molecule has 30 heavy (non-hydrogen) atoms. The van der Waals surface area contributed by atoms with Crippen LogP contribution in [0.5, 0.6) is 0 Å². The summed E-state index contributed by atoms with van der Waals surface area (Å²) >= 11 is 0. The zero-order valence-electron chi connectivity index (χ0n) is 16.7. The van der Waals surface area contributed by atoms with Crippen LogP contribution in [0.2, 0.25) is 0 Å². The average Bonchev–Trinajstić information content (AvgIpc) is 3.33. The molecule has 1 aromatic carbocycles. The van der Waals surface area contributed by atoms with Crippen molar-refractivity contribution in [2.24, 2.45) is 5.73 Å². The topological polar surface area (TPSA) is 106 Å². The van der Waals surface area contributed by atoms with E-state index in [4.69, 9.17) is 15.2 Å². The van der Waals surface area contributed by atoms with Gasteiger partial charge in [-0.15, -0.1) is 37.2 Å². The smallest absolute Gasteiger partial charge is 0.253 e. The van der Waals surface area contributed by atoms with Crippen LogP contribution in [0.4, 0.5) is 5.69 Å². The number of carbonyl (C=O) groups is 1. The van der Waals surface area contributed by atoms with Crippen LogP contribution in [0.25, 0.3) is 11.0 Å². The van der Waals surface area contributed by atoms with E-state index in [2.05, 4.69) is 20.2 Å². The Hall–Kier alpha value is -1.13. The summed E-state index contributed by atoms with van der Waals surface area (Å²) in [6, 6.07) is 5.73. The molecule has 2 atom stereocenters. The van der Waals surface area contributed by atoms with Crippen LogP contribution in [-0.2, 0) is 20.7 Å². The number of aromatic amines is 1. The summed E-state index contributed by atoms with van der Waals surface area (Å²) in [5.74, 6) is 0.849. The van der Waals surface area contributed by atoms with Gasteiger partial charge >= 0.3 is 0 Å². The number of nitrogens with two attached hydrogens (primary N) is 1. The number of anilines is 1. The van der Waals surface area contributed by atoms with Crippen molar-refractivity contribution in [2.45, 2.75) is 31.5 Å². The summed E-state index contributed by atoms with van der Waals surface area (Å²) in [4.78, 5) is 22.8. The summed E-state index contributed by atoms with van der Waals surface area (Å²) in [5.41, 5.74) is 8.19. The van der Waals surface area contributed by atoms with Crippen LogP contribution >= 0.6 is 37.2 Å². The van der Waals surface area contributed by atoms with Gasteiger partial charge in [-0.05, 0) is 31.0 Å². The van der Waals surface area contributed by atoms with E-state index >= 15 is 0 Å². The quantitative estimate of drug-likeness (QED) is 0.582. The number of halogens is 3. The molecule has 2 aliphatic rings. The van der Waals surface area contributed by atoms with Crippen LogP contribution in [0.15, 0.2) is 18.2 Å². The summed E-state index contributed by atoms with van der Waals surface area (Å²) < 4.78 is 11.0. The number of hydrogen-bond donors (Lipinski definition) is 3. The van der Waals surface area contributed by atoms with Gasteiger partial charge in [0.2, 0.25) is 0 Å². The largest absolute Gasteiger partial charge is 0.379 e. The molecule has 1 amide bonds. The van der Waals surface area contributed by atoms with Crippen molar-refractivity contribution >= 4 is 59.8 Å². The number of nitrogens with zero attached hydrogens (tertiary/aromatic N) is 2. The second-order valence-electron chi connectivity index (χ2n) is 7.17. The first-order valence-electron chi connectivity index (χ1n) is 9.66. The Labute approximate surface area is 194 Å². The summed E-state index contributed by atoms with van der Waals surface area (Å²) in [6.07, 6.45) is 1.99. The van der Waals surface area contributed by atoms with Crippen LogP contribution in [0.1, 0.15) is 18.7 Å². The predicted molar refractivity (Wildman–Crippen MR) is 124 cm³/mol. The molecule has 11 heteroatoms. The zero-order chi connectivity index (χ0) is 18.6. The molecule has 2 fully saturated rings. The lowest BCUT2D eigenvalue weighted by molar-refractivity contribution is -0.126. The summed E-state index contributed by atoms with van der Waals surface area (Å²) in [7, 11) is 0. The van der Waals surface area contributed by atoms with Crippen molar-refractivity contribution in [2.75, 3.05) is 44.7 Å². The van der Waals surface area contributed by atoms with Crippen molar-refractivity contribution < 1.29 is 14.3 Å². The highest BCUT2D eigenvalue weighted by Gasteiger charge is 2.29. The van der Waals surface area contributed by atoms with E-state index in [1.165, 1.54) is 0 Å². The Balaban J connectivity index is 0.00000150. The Morgan fingerprint density at radius 1 is 1.23 bits per heavy atom. The minimum atomic E-state index is -0.417. The van der Waals surface area contributed by atoms with Gasteiger partial charge in [-0.25, -0.2) is 4.98 Å². The number of amides is 1. The number of nitrogens with one attached hydrogen (secondary N) is 2. The number of H-pyrrole nitrogens is 1. The van der Waals surface area contributed by atoms with E-state index in [-0.39, 0.29) is 49.2 Å². The van der Waals surface area contributed by atoms with E-state index < -0.39 is 6.10 Å². The highest BCUT2D eigenvalue weighted by Crippen LogP contribution is 2.22. The van der Waals surface area contributed by atoms with Gasteiger partial charge in [0, 0.05) is 38.3 Å². The Bertz CT molecular complexity index is 801. The molecular weight excluding hydrogens is 453 g/mol. The molecule has 0 saturated carbocycles. The number of carbonyl (C=O) groups excluding carboxylic acids is 1. The van der Waals surface area contributed by atoms with Crippen molar-refractivity contribution in [3.8, 4) is 0 Å². The van der Waals surface area contributed by atoms with Gasteiger partial charge in [0.1, 0.15) is 11.9 Å². The monoisotopic (exact) mass is 481 g/mol. The second kappa shape index (κ2) is 12.7. The van der Waals surface area contributed by atoms with Crippen molar-refractivity contribution in [1.29, 1.82) is 0 Å². The first-order chi connectivity index (χ1) is 13.2. The number of ether oxygens (including phenoxy) is 2. The molecule has 2 saturated heterocycles. The van der Waals surface area contributed by atoms with E-state index in [0.29, 0.717) is 13.0 Å².